The fourth-order valence-electron chi connectivity index (χ4n) is 1.62. The Kier molecular flexibility index (Phi) is 4.04. The number of phenols is 1. The molecule has 0 unspecified atom stereocenters. The zero-order chi connectivity index (χ0) is 12.8. The molecule has 0 spiro atoms. The molecule has 0 aliphatic heterocycles. The molecule has 0 atom stereocenters. The highest BCUT2D eigenvalue weighted by Crippen LogP contribution is 2.25. The number of benzene rings is 2. The lowest BCUT2D eigenvalue weighted by Crippen LogP contribution is -2.20. The van der Waals surface area contributed by atoms with Crippen LogP contribution >= 0.6 is 0 Å². The first-order chi connectivity index (χ1) is 8.79. The first kappa shape index (κ1) is 12.3. The molecule has 94 valence electrons. The Bertz CT molecular complexity index is 500. The zero-order valence-corrected chi connectivity index (χ0v) is 10.2. The summed E-state index contributed by atoms with van der Waals surface area (Å²) in [6.45, 7) is 0.604. The second-order valence-electron chi connectivity index (χ2n) is 3.85. The van der Waals surface area contributed by atoms with E-state index >= 15 is 0 Å². The third-order valence-corrected chi connectivity index (χ3v) is 2.54. The van der Waals surface area contributed by atoms with Gasteiger partial charge < -0.3 is 15.3 Å². The monoisotopic (exact) mass is 244 g/mol. The third-order valence-electron chi connectivity index (χ3n) is 2.54. The van der Waals surface area contributed by atoms with Crippen molar-refractivity contribution in [2.75, 3.05) is 12.5 Å². The van der Waals surface area contributed by atoms with Crippen LogP contribution in [0.25, 0.3) is 0 Å². The molecule has 0 fully saturated rings. The number of hydrogen-bond donors (Lipinski definition) is 3. The number of hydrazine groups is 1. The molecule has 0 saturated heterocycles. The summed E-state index contributed by atoms with van der Waals surface area (Å²) in [5.41, 5.74) is 8.12. The van der Waals surface area contributed by atoms with Crippen LogP contribution in [0.3, 0.4) is 0 Å². The molecule has 0 aromatic heterocycles. The summed E-state index contributed by atoms with van der Waals surface area (Å²) in [5, 5.41) is 9.63. The summed E-state index contributed by atoms with van der Waals surface area (Å²) < 4.78 is 4.99. The van der Waals surface area contributed by atoms with Gasteiger partial charge in [0.1, 0.15) is 0 Å². The highest BCUT2D eigenvalue weighted by atomic mass is 16.5. The summed E-state index contributed by atoms with van der Waals surface area (Å²) in [4.78, 5) is 0. The molecule has 0 bridgehead atoms. The van der Waals surface area contributed by atoms with Gasteiger partial charge in [-0.25, -0.2) is 5.43 Å². The van der Waals surface area contributed by atoms with Crippen molar-refractivity contribution in [2.24, 2.45) is 0 Å². The number of para-hydroxylation sites is 1. The molecule has 0 aliphatic rings. The third kappa shape index (κ3) is 3.15. The number of aromatic hydroxyl groups is 1. The Morgan fingerprint density at radius 2 is 1.89 bits per heavy atom. The molecule has 0 saturated carbocycles. The molecule has 18 heavy (non-hydrogen) atoms. The van der Waals surface area contributed by atoms with Crippen LogP contribution in [0.4, 0.5) is 5.69 Å². The average Bonchev–Trinajstić information content (AvgIpc) is 2.40. The van der Waals surface area contributed by atoms with E-state index in [1.807, 2.05) is 36.4 Å². The van der Waals surface area contributed by atoms with Crippen LogP contribution in [0.5, 0.6) is 11.5 Å². The van der Waals surface area contributed by atoms with Crippen LogP contribution in [0.2, 0.25) is 0 Å². The molecule has 0 radical (unpaired) electrons. The molecule has 4 heteroatoms. The van der Waals surface area contributed by atoms with Gasteiger partial charge in [-0.05, 0) is 29.8 Å². The smallest absolute Gasteiger partial charge is 0.160 e. The first-order valence-electron chi connectivity index (χ1n) is 5.69. The van der Waals surface area contributed by atoms with Crippen molar-refractivity contribution in [1.29, 1.82) is 0 Å². The van der Waals surface area contributed by atoms with Crippen LogP contribution < -0.4 is 15.6 Å². The van der Waals surface area contributed by atoms with Crippen molar-refractivity contribution >= 4 is 5.69 Å². The van der Waals surface area contributed by atoms with Crippen LogP contribution in [0.15, 0.2) is 48.5 Å². The topological polar surface area (TPSA) is 53.5 Å². The summed E-state index contributed by atoms with van der Waals surface area (Å²) in [6, 6.07) is 15.2. The van der Waals surface area contributed by atoms with Crippen molar-refractivity contribution in [3.63, 3.8) is 0 Å². The fraction of sp³-hybridized carbons (Fsp3) is 0.143. The fourth-order valence-corrected chi connectivity index (χ4v) is 1.62. The normalized spacial score (nSPS) is 10.1. The Hall–Kier alpha value is -2.20. The lowest BCUT2D eigenvalue weighted by molar-refractivity contribution is 0.373. The summed E-state index contributed by atoms with van der Waals surface area (Å²) in [6.07, 6.45) is 0. The minimum Gasteiger partial charge on any atom is -0.504 e. The maximum absolute atomic E-state index is 9.63. The number of methoxy groups -OCH3 is 1. The number of hydrogen-bond acceptors (Lipinski definition) is 4. The van der Waals surface area contributed by atoms with Gasteiger partial charge in [-0.3, -0.25) is 0 Å². The van der Waals surface area contributed by atoms with Gasteiger partial charge in [-0.15, -0.1) is 0 Å². The highest BCUT2D eigenvalue weighted by Gasteiger charge is 2.01. The van der Waals surface area contributed by atoms with E-state index in [0.717, 1.165) is 11.3 Å². The van der Waals surface area contributed by atoms with Gasteiger partial charge in [0.2, 0.25) is 0 Å². The van der Waals surface area contributed by atoms with Crippen molar-refractivity contribution in [2.45, 2.75) is 6.54 Å². The van der Waals surface area contributed by atoms with Crippen LogP contribution in [-0.2, 0) is 6.54 Å². The molecular formula is C14H16N2O2. The van der Waals surface area contributed by atoms with Crippen molar-refractivity contribution in [3.8, 4) is 11.5 Å². The number of phenolic OH excluding ortho intramolecular Hbond substituents is 1. The van der Waals surface area contributed by atoms with Crippen molar-refractivity contribution < 1.29 is 9.84 Å². The van der Waals surface area contributed by atoms with Gasteiger partial charge in [0, 0.05) is 12.2 Å². The summed E-state index contributed by atoms with van der Waals surface area (Å²) in [7, 11) is 1.53. The first-order valence-corrected chi connectivity index (χ1v) is 5.69. The van der Waals surface area contributed by atoms with E-state index < -0.39 is 0 Å². The van der Waals surface area contributed by atoms with E-state index in [0.29, 0.717) is 12.3 Å². The van der Waals surface area contributed by atoms with Crippen LogP contribution in [-0.4, -0.2) is 12.2 Å². The van der Waals surface area contributed by atoms with Gasteiger partial charge >= 0.3 is 0 Å². The van der Waals surface area contributed by atoms with E-state index in [1.54, 1.807) is 12.1 Å². The number of nitrogens with one attached hydrogen (secondary N) is 2. The maximum atomic E-state index is 9.63. The van der Waals surface area contributed by atoms with Gasteiger partial charge in [0.05, 0.1) is 7.11 Å². The molecule has 3 N–H and O–H groups in total. The second-order valence-corrected chi connectivity index (χ2v) is 3.85. The molecular weight excluding hydrogens is 228 g/mol. The minimum absolute atomic E-state index is 0.150. The quantitative estimate of drug-likeness (QED) is 0.707. The van der Waals surface area contributed by atoms with E-state index in [1.165, 1.54) is 7.11 Å². The lowest BCUT2D eigenvalue weighted by Gasteiger charge is -2.09. The van der Waals surface area contributed by atoms with E-state index in [9.17, 15) is 5.11 Å². The standard InChI is InChI=1S/C14H16N2O2/c1-18-14-8-7-11(9-13(14)17)10-15-16-12-5-3-2-4-6-12/h2-9,15-17H,10H2,1H3. The van der Waals surface area contributed by atoms with Crippen molar-refractivity contribution in [3.05, 3.63) is 54.1 Å². The average molecular weight is 244 g/mol. The largest absolute Gasteiger partial charge is 0.504 e. The van der Waals surface area contributed by atoms with E-state index in [-0.39, 0.29) is 5.75 Å². The second kappa shape index (κ2) is 5.93. The summed E-state index contributed by atoms with van der Waals surface area (Å²) in [5.74, 6) is 0.631. The molecule has 0 aliphatic carbocycles. The summed E-state index contributed by atoms with van der Waals surface area (Å²) >= 11 is 0. The molecule has 2 aromatic carbocycles. The molecule has 0 heterocycles. The number of anilines is 1. The van der Waals surface area contributed by atoms with Crippen LogP contribution in [0, 0.1) is 0 Å². The molecule has 2 rings (SSSR count). The Balaban J connectivity index is 1.89. The SMILES string of the molecule is COc1ccc(CNNc2ccccc2)cc1O. The Morgan fingerprint density at radius 3 is 2.56 bits per heavy atom. The van der Waals surface area contributed by atoms with E-state index in [4.69, 9.17) is 4.74 Å². The van der Waals surface area contributed by atoms with Crippen molar-refractivity contribution in [1.82, 2.24) is 5.43 Å². The zero-order valence-electron chi connectivity index (χ0n) is 10.2. The minimum atomic E-state index is 0.150. The van der Waals surface area contributed by atoms with Crippen LogP contribution in [0.1, 0.15) is 5.56 Å². The molecule has 4 nitrogen and oxygen atoms in total. The van der Waals surface area contributed by atoms with E-state index in [2.05, 4.69) is 10.9 Å². The lowest BCUT2D eigenvalue weighted by atomic mass is 10.2. The van der Waals surface area contributed by atoms with Gasteiger partial charge in [0.25, 0.3) is 0 Å². The van der Waals surface area contributed by atoms with Gasteiger partial charge in [-0.2, -0.15) is 0 Å². The Labute approximate surface area is 106 Å². The molecule has 0 amide bonds. The van der Waals surface area contributed by atoms with Gasteiger partial charge in [-0.1, -0.05) is 24.3 Å². The number of rotatable bonds is 5. The maximum Gasteiger partial charge on any atom is 0.160 e. The van der Waals surface area contributed by atoms with Gasteiger partial charge in [0.15, 0.2) is 11.5 Å². The number of ether oxygens (including phenoxy) is 1. The highest BCUT2D eigenvalue weighted by molar-refractivity contribution is 5.43. The Morgan fingerprint density at radius 1 is 1.11 bits per heavy atom. The molecule has 2 aromatic rings. The predicted octanol–water partition coefficient (Wildman–Crippen LogP) is 2.52. The predicted molar refractivity (Wildman–Crippen MR) is 71.6 cm³/mol.